The van der Waals surface area contributed by atoms with E-state index < -0.39 is 6.10 Å². The number of carbonyl (C=O) groups is 1. The highest BCUT2D eigenvalue weighted by Crippen LogP contribution is 2.15. The fourth-order valence-corrected chi connectivity index (χ4v) is 2.31. The van der Waals surface area contributed by atoms with Gasteiger partial charge in [0.05, 0.1) is 6.10 Å². The molecule has 0 fully saturated rings. The van der Waals surface area contributed by atoms with Crippen molar-refractivity contribution in [3.05, 3.63) is 36.5 Å². The maximum atomic E-state index is 11.7. The van der Waals surface area contributed by atoms with Crippen LogP contribution in [0.25, 0.3) is 10.9 Å². The van der Waals surface area contributed by atoms with Gasteiger partial charge >= 0.3 is 0 Å². The van der Waals surface area contributed by atoms with E-state index in [1.807, 2.05) is 25.3 Å². The van der Waals surface area contributed by atoms with E-state index >= 15 is 0 Å². The lowest BCUT2D eigenvalue weighted by molar-refractivity contribution is -0.121. The Morgan fingerprint density at radius 1 is 1.35 bits per heavy atom. The predicted molar refractivity (Wildman–Crippen MR) is 80.5 cm³/mol. The van der Waals surface area contributed by atoms with Crippen LogP contribution in [0.4, 0.5) is 0 Å². The van der Waals surface area contributed by atoms with Crippen LogP contribution < -0.4 is 5.32 Å². The molecule has 2 aromatic rings. The monoisotopic (exact) mass is 274 g/mol. The molecule has 0 radical (unpaired) electrons. The van der Waals surface area contributed by atoms with Crippen LogP contribution in [0, 0.1) is 0 Å². The molecule has 4 heteroatoms. The normalized spacial score (nSPS) is 12.5. The Labute approximate surface area is 119 Å². The van der Waals surface area contributed by atoms with E-state index in [2.05, 4.69) is 28.1 Å². The number of benzene rings is 1. The van der Waals surface area contributed by atoms with Gasteiger partial charge in [0.25, 0.3) is 0 Å². The van der Waals surface area contributed by atoms with Gasteiger partial charge in [-0.05, 0) is 23.9 Å². The van der Waals surface area contributed by atoms with Crippen molar-refractivity contribution in [2.45, 2.75) is 38.8 Å². The van der Waals surface area contributed by atoms with Crippen molar-refractivity contribution in [3.8, 4) is 0 Å². The van der Waals surface area contributed by atoms with Gasteiger partial charge in [-0.3, -0.25) is 4.79 Å². The Balaban J connectivity index is 1.81. The lowest BCUT2D eigenvalue weighted by Crippen LogP contribution is -2.32. The molecular formula is C16H22N2O2. The van der Waals surface area contributed by atoms with Gasteiger partial charge in [0.15, 0.2) is 0 Å². The number of aromatic nitrogens is 1. The molecule has 1 aromatic carbocycles. The molecule has 1 amide bonds. The number of hydrogen-bond donors (Lipinski definition) is 2. The average Bonchev–Trinajstić information content (AvgIpc) is 2.86. The molecule has 0 spiro atoms. The lowest BCUT2D eigenvalue weighted by atomic mass is 10.2. The molecule has 1 heterocycles. The summed E-state index contributed by atoms with van der Waals surface area (Å²) < 4.78 is 2.08. The Kier molecular flexibility index (Phi) is 5.18. The number of amides is 1. The van der Waals surface area contributed by atoms with E-state index in [-0.39, 0.29) is 5.91 Å². The highest BCUT2D eigenvalue weighted by atomic mass is 16.3. The third-order valence-corrected chi connectivity index (χ3v) is 3.42. The SMILES string of the molecule is CCCC(O)CNC(=O)CCn1ccc2ccccc21. The van der Waals surface area contributed by atoms with Gasteiger partial charge in [0.1, 0.15) is 0 Å². The molecule has 108 valence electrons. The van der Waals surface area contributed by atoms with Gasteiger partial charge in [-0.25, -0.2) is 0 Å². The van der Waals surface area contributed by atoms with Gasteiger partial charge < -0.3 is 15.0 Å². The van der Waals surface area contributed by atoms with E-state index in [1.54, 1.807) is 0 Å². The van der Waals surface area contributed by atoms with Crippen molar-refractivity contribution >= 4 is 16.8 Å². The van der Waals surface area contributed by atoms with Crippen LogP contribution in [0.15, 0.2) is 36.5 Å². The fraction of sp³-hybridized carbons (Fsp3) is 0.438. The zero-order valence-corrected chi connectivity index (χ0v) is 11.9. The summed E-state index contributed by atoms with van der Waals surface area (Å²) in [6, 6.07) is 10.2. The number of aliphatic hydroxyl groups excluding tert-OH is 1. The van der Waals surface area contributed by atoms with Crippen LogP contribution in [0.1, 0.15) is 26.2 Å². The van der Waals surface area contributed by atoms with Crippen molar-refractivity contribution in [3.63, 3.8) is 0 Å². The molecule has 20 heavy (non-hydrogen) atoms. The van der Waals surface area contributed by atoms with Crippen molar-refractivity contribution in [2.24, 2.45) is 0 Å². The summed E-state index contributed by atoms with van der Waals surface area (Å²) in [5.74, 6) is -0.0158. The Morgan fingerprint density at radius 2 is 2.15 bits per heavy atom. The number of aryl methyl sites for hydroxylation is 1. The van der Waals surface area contributed by atoms with Gasteiger partial charge in [-0.1, -0.05) is 31.5 Å². The second kappa shape index (κ2) is 7.10. The van der Waals surface area contributed by atoms with Crippen LogP contribution >= 0.6 is 0 Å². The molecule has 0 aliphatic heterocycles. The number of carbonyl (C=O) groups excluding carboxylic acids is 1. The van der Waals surface area contributed by atoms with Crippen molar-refractivity contribution in [1.82, 2.24) is 9.88 Å². The first-order valence-electron chi connectivity index (χ1n) is 7.19. The molecule has 0 aliphatic rings. The average molecular weight is 274 g/mol. The molecule has 2 rings (SSSR count). The third-order valence-electron chi connectivity index (χ3n) is 3.42. The van der Waals surface area contributed by atoms with E-state index in [4.69, 9.17) is 0 Å². The molecule has 1 atom stereocenters. The summed E-state index contributed by atoms with van der Waals surface area (Å²) in [6.45, 7) is 3.02. The zero-order valence-electron chi connectivity index (χ0n) is 11.9. The quantitative estimate of drug-likeness (QED) is 0.814. The smallest absolute Gasteiger partial charge is 0.221 e. The summed E-state index contributed by atoms with van der Waals surface area (Å²) in [6.07, 6.45) is 3.65. The minimum atomic E-state index is -0.434. The van der Waals surface area contributed by atoms with E-state index in [0.29, 0.717) is 19.5 Å². The molecule has 1 aromatic heterocycles. The first kappa shape index (κ1) is 14.6. The van der Waals surface area contributed by atoms with E-state index in [1.165, 1.54) is 5.39 Å². The van der Waals surface area contributed by atoms with Crippen molar-refractivity contribution in [1.29, 1.82) is 0 Å². The summed E-state index contributed by atoms with van der Waals surface area (Å²) in [5.41, 5.74) is 1.14. The molecule has 0 aliphatic carbocycles. The topological polar surface area (TPSA) is 54.3 Å². The second-order valence-corrected chi connectivity index (χ2v) is 5.06. The lowest BCUT2D eigenvalue weighted by Gasteiger charge is -2.11. The summed E-state index contributed by atoms with van der Waals surface area (Å²) in [5, 5.41) is 13.5. The van der Waals surface area contributed by atoms with E-state index in [9.17, 15) is 9.90 Å². The van der Waals surface area contributed by atoms with E-state index in [0.717, 1.165) is 18.4 Å². The number of fused-ring (bicyclic) bond motifs is 1. The van der Waals surface area contributed by atoms with Gasteiger partial charge in [-0.2, -0.15) is 0 Å². The second-order valence-electron chi connectivity index (χ2n) is 5.06. The number of hydrogen-bond acceptors (Lipinski definition) is 2. The van der Waals surface area contributed by atoms with Crippen molar-refractivity contribution < 1.29 is 9.90 Å². The molecule has 1 unspecified atom stereocenters. The third kappa shape index (κ3) is 3.84. The van der Waals surface area contributed by atoms with Gasteiger partial charge in [-0.15, -0.1) is 0 Å². The predicted octanol–water partition coefficient (Wildman–Crippen LogP) is 2.31. The standard InChI is InChI=1S/C16H22N2O2/c1-2-5-14(19)12-17-16(20)9-11-18-10-8-13-6-3-4-7-15(13)18/h3-4,6-8,10,14,19H,2,5,9,11-12H2,1H3,(H,17,20). The number of nitrogens with zero attached hydrogens (tertiary/aromatic N) is 1. The van der Waals surface area contributed by atoms with Gasteiger partial charge in [0, 0.05) is 31.2 Å². The minimum absolute atomic E-state index is 0.0158. The summed E-state index contributed by atoms with van der Waals surface area (Å²) >= 11 is 0. The maximum Gasteiger partial charge on any atom is 0.221 e. The number of aliphatic hydroxyl groups is 1. The Hall–Kier alpha value is -1.81. The minimum Gasteiger partial charge on any atom is -0.391 e. The molecule has 0 bridgehead atoms. The first-order chi connectivity index (χ1) is 9.70. The zero-order chi connectivity index (χ0) is 14.4. The highest BCUT2D eigenvalue weighted by Gasteiger charge is 2.07. The summed E-state index contributed by atoms with van der Waals surface area (Å²) in [7, 11) is 0. The molecule has 0 saturated carbocycles. The largest absolute Gasteiger partial charge is 0.391 e. The number of nitrogens with one attached hydrogen (secondary N) is 1. The van der Waals surface area contributed by atoms with Crippen molar-refractivity contribution in [2.75, 3.05) is 6.54 Å². The number of para-hydroxylation sites is 1. The summed E-state index contributed by atoms with van der Waals surface area (Å²) in [4.78, 5) is 11.7. The van der Waals surface area contributed by atoms with Crippen LogP contribution in [-0.2, 0) is 11.3 Å². The molecule has 2 N–H and O–H groups in total. The van der Waals surface area contributed by atoms with Gasteiger partial charge in [0.2, 0.25) is 5.91 Å². The van der Waals surface area contributed by atoms with Crippen LogP contribution in [0.5, 0.6) is 0 Å². The molecule has 0 saturated heterocycles. The van der Waals surface area contributed by atoms with Crippen LogP contribution in [0.3, 0.4) is 0 Å². The fourth-order valence-electron chi connectivity index (χ4n) is 2.31. The highest BCUT2D eigenvalue weighted by molar-refractivity contribution is 5.80. The molecular weight excluding hydrogens is 252 g/mol. The first-order valence-corrected chi connectivity index (χ1v) is 7.19. The maximum absolute atomic E-state index is 11.7. The van der Waals surface area contributed by atoms with Crippen LogP contribution in [0.2, 0.25) is 0 Å². The Morgan fingerprint density at radius 3 is 2.95 bits per heavy atom. The number of rotatable bonds is 7. The van der Waals surface area contributed by atoms with Crippen LogP contribution in [-0.4, -0.2) is 28.2 Å². The Bertz CT molecular complexity index is 562. The molecule has 4 nitrogen and oxygen atoms in total.